The Morgan fingerprint density at radius 3 is 2.60 bits per heavy atom. The van der Waals surface area contributed by atoms with E-state index >= 15 is 0 Å². The Labute approximate surface area is 134 Å². The molecular weight excluding hydrogens is 317 g/mol. The van der Waals surface area contributed by atoms with Gasteiger partial charge in [0.1, 0.15) is 5.15 Å². The summed E-state index contributed by atoms with van der Waals surface area (Å²) >= 11 is 18.9. The zero-order valence-electron chi connectivity index (χ0n) is 11.2. The molecule has 1 saturated heterocycles. The molecule has 3 rings (SSSR count). The monoisotopic (exact) mass is 333 g/mol. The van der Waals surface area contributed by atoms with Crippen LogP contribution in [0.2, 0.25) is 15.2 Å². The first-order valence-electron chi connectivity index (χ1n) is 7.11. The molecule has 0 spiro atoms. The minimum absolute atomic E-state index is 0.255. The second-order valence-corrected chi connectivity index (χ2v) is 6.75. The number of aromatic nitrogens is 1. The van der Waals surface area contributed by atoms with Gasteiger partial charge in [-0.1, -0.05) is 47.6 Å². The fraction of sp³-hybridized carbons (Fsp3) is 0.643. The fourth-order valence-electron chi connectivity index (χ4n) is 2.87. The van der Waals surface area contributed by atoms with Crippen molar-refractivity contribution in [2.45, 2.75) is 25.3 Å². The van der Waals surface area contributed by atoms with Crippen molar-refractivity contribution < 1.29 is 0 Å². The van der Waals surface area contributed by atoms with Gasteiger partial charge in [-0.15, -0.1) is 0 Å². The van der Waals surface area contributed by atoms with Crippen LogP contribution in [0.25, 0.3) is 0 Å². The van der Waals surface area contributed by atoms with Gasteiger partial charge < -0.3 is 5.32 Å². The lowest BCUT2D eigenvalue weighted by Gasteiger charge is -2.36. The number of nitrogens with one attached hydrogen (secondary N) is 1. The minimum atomic E-state index is 0.255. The summed E-state index contributed by atoms with van der Waals surface area (Å²) in [6, 6.07) is 0.255. The van der Waals surface area contributed by atoms with Gasteiger partial charge in [0.05, 0.1) is 10.0 Å². The molecule has 0 unspecified atom stereocenters. The highest BCUT2D eigenvalue weighted by atomic mass is 35.5. The van der Waals surface area contributed by atoms with E-state index in [-0.39, 0.29) is 6.04 Å². The Morgan fingerprint density at radius 1 is 1.25 bits per heavy atom. The highest BCUT2D eigenvalue weighted by Gasteiger charge is 2.33. The molecule has 0 radical (unpaired) electrons. The van der Waals surface area contributed by atoms with Gasteiger partial charge in [0.25, 0.3) is 0 Å². The second-order valence-electron chi connectivity index (χ2n) is 5.61. The molecule has 1 atom stereocenters. The summed E-state index contributed by atoms with van der Waals surface area (Å²) in [7, 11) is 0. The number of nitrogens with zero attached hydrogens (tertiary/aromatic N) is 2. The van der Waals surface area contributed by atoms with Crippen LogP contribution in [-0.4, -0.2) is 36.1 Å². The molecule has 1 aliphatic carbocycles. The van der Waals surface area contributed by atoms with E-state index in [0.717, 1.165) is 44.1 Å². The molecular formula is C14H18Cl3N3. The van der Waals surface area contributed by atoms with E-state index in [1.54, 1.807) is 6.20 Å². The molecule has 2 fully saturated rings. The standard InChI is InChI=1S/C14H18Cl3N3/c15-10-8-19-14(17)13(16)12(10)11(7-9-1-2-9)20-5-3-18-4-6-20/h8-9,11,18H,1-7H2/t11-/m0/s1. The van der Waals surface area contributed by atoms with Crippen LogP contribution >= 0.6 is 34.8 Å². The lowest BCUT2D eigenvalue weighted by atomic mass is 9.99. The third kappa shape index (κ3) is 3.23. The second kappa shape index (κ2) is 6.37. The molecule has 1 N–H and O–H groups in total. The topological polar surface area (TPSA) is 28.2 Å². The number of pyridine rings is 1. The van der Waals surface area contributed by atoms with Crippen molar-refractivity contribution >= 4 is 34.8 Å². The average molecular weight is 335 g/mol. The number of piperazine rings is 1. The summed E-state index contributed by atoms with van der Waals surface area (Å²) in [6.07, 6.45) is 5.36. The third-order valence-electron chi connectivity index (χ3n) is 4.15. The van der Waals surface area contributed by atoms with Crippen LogP contribution in [0.5, 0.6) is 0 Å². The molecule has 20 heavy (non-hydrogen) atoms. The predicted octanol–water partition coefficient (Wildman–Crippen LogP) is 3.79. The Morgan fingerprint density at radius 2 is 1.95 bits per heavy atom. The van der Waals surface area contributed by atoms with E-state index in [0.29, 0.717) is 15.2 Å². The highest BCUT2D eigenvalue weighted by Crippen LogP contribution is 2.44. The van der Waals surface area contributed by atoms with Crippen LogP contribution in [-0.2, 0) is 0 Å². The molecule has 2 heterocycles. The molecule has 0 bridgehead atoms. The maximum atomic E-state index is 6.40. The van der Waals surface area contributed by atoms with Gasteiger partial charge in [-0.3, -0.25) is 4.90 Å². The van der Waals surface area contributed by atoms with Gasteiger partial charge in [-0.05, 0) is 12.3 Å². The van der Waals surface area contributed by atoms with Crippen molar-refractivity contribution in [1.82, 2.24) is 15.2 Å². The van der Waals surface area contributed by atoms with E-state index in [1.807, 2.05) is 0 Å². The largest absolute Gasteiger partial charge is 0.314 e. The summed E-state index contributed by atoms with van der Waals surface area (Å²) in [6.45, 7) is 4.05. The summed E-state index contributed by atoms with van der Waals surface area (Å²) in [5.74, 6) is 0.800. The molecule has 110 valence electrons. The molecule has 2 aliphatic rings. The predicted molar refractivity (Wildman–Crippen MR) is 83.8 cm³/mol. The number of hydrogen-bond acceptors (Lipinski definition) is 3. The van der Waals surface area contributed by atoms with Gasteiger partial charge in [0.2, 0.25) is 0 Å². The van der Waals surface area contributed by atoms with Crippen molar-refractivity contribution in [3.8, 4) is 0 Å². The Hall–Kier alpha value is -0.0600. The van der Waals surface area contributed by atoms with E-state index in [1.165, 1.54) is 12.8 Å². The van der Waals surface area contributed by atoms with Crippen molar-refractivity contribution in [2.24, 2.45) is 5.92 Å². The molecule has 6 heteroatoms. The SMILES string of the molecule is Clc1cnc(Cl)c(Cl)c1[C@H](CC1CC1)N1CCNCC1. The van der Waals surface area contributed by atoms with E-state index in [2.05, 4.69) is 15.2 Å². The van der Waals surface area contributed by atoms with Gasteiger partial charge in [0, 0.05) is 44.0 Å². The molecule has 0 amide bonds. The van der Waals surface area contributed by atoms with Crippen molar-refractivity contribution in [3.63, 3.8) is 0 Å². The molecule has 0 aromatic carbocycles. The van der Waals surface area contributed by atoms with Crippen LogP contribution in [0.1, 0.15) is 30.9 Å². The van der Waals surface area contributed by atoms with Crippen molar-refractivity contribution in [2.75, 3.05) is 26.2 Å². The average Bonchev–Trinajstić information content (AvgIpc) is 3.27. The Bertz CT molecular complexity index is 485. The van der Waals surface area contributed by atoms with E-state index in [4.69, 9.17) is 34.8 Å². The molecule has 1 saturated carbocycles. The van der Waals surface area contributed by atoms with Crippen LogP contribution in [0, 0.1) is 5.92 Å². The first-order chi connectivity index (χ1) is 9.66. The number of hydrogen-bond donors (Lipinski definition) is 1. The van der Waals surface area contributed by atoms with Gasteiger partial charge in [-0.2, -0.15) is 0 Å². The van der Waals surface area contributed by atoms with Crippen LogP contribution in [0.3, 0.4) is 0 Å². The smallest absolute Gasteiger partial charge is 0.148 e. The Kier molecular flexibility index (Phi) is 4.73. The van der Waals surface area contributed by atoms with Crippen molar-refractivity contribution in [3.05, 3.63) is 27.0 Å². The zero-order valence-corrected chi connectivity index (χ0v) is 13.5. The molecule has 1 aromatic rings. The first kappa shape index (κ1) is 14.9. The molecule has 3 nitrogen and oxygen atoms in total. The first-order valence-corrected chi connectivity index (χ1v) is 8.24. The summed E-state index contributed by atoms with van der Waals surface area (Å²) in [5, 5.41) is 4.88. The maximum absolute atomic E-state index is 6.40. The van der Waals surface area contributed by atoms with Crippen LogP contribution in [0.4, 0.5) is 0 Å². The van der Waals surface area contributed by atoms with Gasteiger partial charge in [-0.25, -0.2) is 4.98 Å². The lowest BCUT2D eigenvalue weighted by molar-refractivity contribution is 0.160. The van der Waals surface area contributed by atoms with Crippen molar-refractivity contribution in [1.29, 1.82) is 0 Å². The maximum Gasteiger partial charge on any atom is 0.148 e. The van der Waals surface area contributed by atoms with E-state index < -0.39 is 0 Å². The zero-order chi connectivity index (χ0) is 14.1. The summed E-state index contributed by atoms with van der Waals surface area (Å²) in [5.41, 5.74) is 0.960. The molecule has 1 aliphatic heterocycles. The van der Waals surface area contributed by atoms with E-state index in [9.17, 15) is 0 Å². The van der Waals surface area contributed by atoms with Crippen LogP contribution in [0.15, 0.2) is 6.20 Å². The van der Waals surface area contributed by atoms with Crippen LogP contribution < -0.4 is 5.32 Å². The van der Waals surface area contributed by atoms with Gasteiger partial charge in [0.15, 0.2) is 0 Å². The quantitative estimate of drug-likeness (QED) is 0.849. The lowest BCUT2D eigenvalue weighted by Crippen LogP contribution is -2.45. The molecule has 1 aromatic heterocycles. The number of rotatable bonds is 4. The fourth-order valence-corrected chi connectivity index (χ4v) is 3.62. The normalized spacial score (nSPS) is 21.9. The Balaban J connectivity index is 1.93. The van der Waals surface area contributed by atoms with Gasteiger partial charge >= 0.3 is 0 Å². The summed E-state index contributed by atoms with van der Waals surface area (Å²) in [4.78, 5) is 6.50. The highest BCUT2D eigenvalue weighted by molar-refractivity contribution is 6.43. The third-order valence-corrected chi connectivity index (χ3v) is 5.21. The number of halogens is 3. The minimum Gasteiger partial charge on any atom is -0.314 e. The summed E-state index contributed by atoms with van der Waals surface area (Å²) < 4.78 is 0.